The number of amides is 3. The molecule has 9 nitrogen and oxygen atoms in total. The molecule has 3 amide bonds. The second-order valence-electron chi connectivity index (χ2n) is 7.38. The van der Waals surface area contributed by atoms with Crippen LogP contribution in [0.1, 0.15) is 24.2 Å². The van der Waals surface area contributed by atoms with Crippen LogP contribution in [0, 0.1) is 0 Å². The zero-order valence-corrected chi connectivity index (χ0v) is 17.3. The van der Waals surface area contributed by atoms with Crippen molar-refractivity contribution in [2.45, 2.75) is 19.9 Å². The van der Waals surface area contributed by atoms with Crippen molar-refractivity contribution in [3.05, 3.63) is 42.0 Å². The number of Topliss-reactive ketones (excluding diaryl/α,β-unsaturated/α-hetero) is 1. The molecule has 1 N–H and O–H groups in total. The van der Waals surface area contributed by atoms with Gasteiger partial charge in [0.05, 0.1) is 11.4 Å². The quantitative estimate of drug-likeness (QED) is 0.754. The van der Waals surface area contributed by atoms with Crippen LogP contribution in [0.4, 0.5) is 17.1 Å². The third kappa shape index (κ3) is 3.70. The van der Waals surface area contributed by atoms with E-state index in [0.29, 0.717) is 34.1 Å². The summed E-state index contributed by atoms with van der Waals surface area (Å²) in [5.74, 6) is -0.202. The second kappa shape index (κ2) is 7.75. The summed E-state index contributed by atoms with van der Waals surface area (Å²) in [6.45, 7) is 2.79. The normalized spacial score (nSPS) is 16.0. The highest BCUT2D eigenvalue weighted by Gasteiger charge is 2.34. The van der Waals surface area contributed by atoms with E-state index in [4.69, 9.17) is 9.47 Å². The molecule has 160 valence electrons. The molecule has 0 aromatic heterocycles. The summed E-state index contributed by atoms with van der Waals surface area (Å²) in [5.41, 5.74) is 1.78. The maximum absolute atomic E-state index is 13.0. The zero-order chi connectivity index (χ0) is 22.3. The van der Waals surface area contributed by atoms with Gasteiger partial charge in [0.15, 0.2) is 19.0 Å². The van der Waals surface area contributed by atoms with Crippen LogP contribution < -0.4 is 24.6 Å². The lowest BCUT2D eigenvalue weighted by molar-refractivity contribution is -0.125. The van der Waals surface area contributed by atoms with Gasteiger partial charge in [0, 0.05) is 18.3 Å². The van der Waals surface area contributed by atoms with Gasteiger partial charge in [-0.15, -0.1) is 0 Å². The Kier molecular flexibility index (Phi) is 5.10. The van der Waals surface area contributed by atoms with E-state index in [9.17, 15) is 19.2 Å². The maximum atomic E-state index is 13.0. The van der Waals surface area contributed by atoms with Crippen molar-refractivity contribution in [3.63, 3.8) is 0 Å². The Morgan fingerprint density at radius 1 is 0.968 bits per heavy atom. The summed E-state index contributed by atoms with van der Waals surface area (Å²) >= 11 is 0. The summed E-state index contributed by atoms with van der Waals surface area (Å²) in [6, 6.07) is 8.89. The Bertz CT molecular complexity index is 1110. The van der Waals surface area contributed by atoms with Crippen LogP contribution in [0.5, 0.6) is 11.5 Å². The van der Waals surface area contributed by atoms with Crippen molar-refractivity contribution in [1.29, 1.82) is 0 Å². The van der Waals surface area contributed by atoms with E-state index < -0.39 is 11.9 Å². The molecule has 2 aliphatic rings. The first-order valence-electron chi connectivity index (χ1n) is 9.70. The average Bonchev–Trinajstić information content (AvgIpc) is 2.75. The lowest BCUT2D eigenvalue weighted by Gasteiger charge is -2.33. The lowest BCUT2D eigenvalue weighted by Crippen LogP contribution is -2.49. The van der Waals surface area contributed by atoms with E-state index in [-0.39, 0.29) is 30.8 Å². The summed E-state index contributed by atoms with van der Waals surface area (Å²) in [5, 5.41) is 2.78. The molecule has 2 aliphatic heterocycles. The van der Waals surface area contributed by atoms with Gasteiger partial charge in [-0.2, -0.15) is 0 Å². The minimum absolute atomic E-state index is 0.0347. The SMILES string of the molecule is CC(=O)c1ccc2c(c1)N(C(C)C(=O)Nc1ccc3c(c1)N(C)C(=O)CO3)C(=O)CO2. The first kappa shape index (κ1) is 20.4. The van der Waals surface area contributed by atoms with Gasteiger partial charge in [0.1, 0.15) is 17.5 Å². The van der Waals surface area contributed by atoms with Gasteiger partial charge < -0.3 is 19.7 Å². The number of hydrogen-bond donors (Lipinski definition) is 1. The van der Waals surface area contributed by atoms with E-state index in [1.165, 1.54) is 16.7 Å². The van der Waals surface area contributed by atoms with Gasteiger partial charge in [0.2, 0.25) is 5.91 Å². The fourth-order valence-electron chi connectivity index (χ4n) is 3.53. The number of ketones is 1. The van der Waals surface area contributed by atoms with Crippen molar-refractivity contribution < 1.29 is 28.7 Å². The van der Waals surface area contributed by atoms with E-state index in [1.54, 1.807) is 50.4 Å². The Balaban J connectivity index is 1.59. The smallest absolute Gasteiger partial charge is 0.265 e. The Hall–Kier alpha value is -3.88. The topological polar surface area (TPSA) is 105 Å². The molecule has 2 aromatic rings. The van der Waals surface area contributed by atoms with Crippen LogP contribution >= 0.6 is 0 Å². The number of nitrogens with one attached hydrogen (secondary N) is 1. The molecule has 1 unspecified atom stereocenters. The summed E-state index contributed by atoms with van der Waals surface area (Å²) < 4.78 is 10.8. The molecular formula is C22H21N3O6. The van der Waals surface area contributed by atoms with Crippen molar-refractivity contribution in [3.8, 4) is 11.5 Å². The van der Waals surface area contributed by atoms with Gasteiger partial charge in [-0.3, -0.25) is 24.1 Å². The molecule has 9 heteroatoms. The van der Waals surface area contributed by atoms with Gasteiger partial charge >= 0.3 is 0 Å². The van der Waals surface area contributed by atoms with Crippen LogP contribution in [-0.2, 0) is 14.4 Å². The molecule has 0 saturated carbocycles. The van der Waals surface area contributed by atoms with E-state index >= 15 is 0 Å². The van der Waals surface area contributed by atoms with Gasteiger partial charge in [-0.25, -0.2) is 0 Å². The highest BCUT2D eigenvalue weighted by Crippen LogP contribution is 2.36. The molecule has 0 spiro atoms. The summed E-state index contributed by atoms with van der Waals surface area (Å²) in [7, 11) is 1.63. The molecule has 0 fully saturated rings. The summed E-state index contributed by atoms with van der Waals surface area (Å²) in [4.78, 5) is 52.0. The molecule has 4 rings (SSSR count). The molecular weight excluding hydrogens is 402 g/mol. The number of nitrogens with zero attached hydrogens (tertiary/aromatic N) is 2. The Labute approximate surface area is 178 Å². The van der Waals surface area contributed by atoms with Gasteiger partial charge in [-0.05, 0) is 50.2 Å². The number of hydrogen-bond acceptors (Lipinski definition) is 6. The molecule has 0 radical (unpaired) electrons. The fourth-order valence-corrected chi connectivity index (χ4v) is 3.53. The first-order chi connectivity index (χ1) is 14.8. The lowest BCUT2D eigenvalue weighted by atomic mass is 10.1. The monoisotopic (exact) mass is 423 g/mol. The van der Waals surface area contributed by atoms with Crippen LogP contribution in [0.15, 0.2) is 36.4 Å². The van der Waals surface area contributed by atoms with E-state index in [1.807, 2.05) is 0 Å². The molecule has 0 saturated heterocycles. The largest absolute Gasteiger partial charge is 0.482 e. The molecule has 1 atom stereocenters. The molecule has 31 heavy (non-hydrogen) atoms. The number of carbonyl (C=O) groups is 4. The predicted molar refractivity (Wildman–Crippen MR) is 113 cm³/mol. The third-order valence-electron chi connectivity index (χ3n) is 5.32. The maximum Gasteiger partial charge on any atom is 0.265 e. The van der Waals surface area contributed by atoms with Crippen LogP contribution in [0.2, 0.25) is 0 Å². The zero-order valence-electron chi connectivity index (χ0n) is 17.3. The number of carbonyl (C=O) groups excluding carboxylic acids is 4. The minimum atomic E-state index is -0.871. The number of fused-ring (bicyclic) bond motifs is 2. The first-order valence-corrected chi connectivity index (χ1v) is 9.70. The van der Waals surface area contributed by atoms with Crippen LogP contribution in [0.3, 0.4) is 0 Å². The number of likely N-dealkylation sites (N-methyl/N-ethyl adjacent to an activating group) is 1. The highest BCUT2D eigenvalue weighted by molar-refractivity contribution is 6.08. The number of ether oxygens (including phenoxy) is 2. The van der Waals surface area contributed by atoms with Crippen LogP contribution in [-0.4, -0.2) is 49.8 Å². The third-order valence-corrected chi connectivity index (χ3v) is 5.32. The standard InChI is InChI=1S/C22H21N3O6/c1-12(25-17-8-14(13(2)26)4-6-19(17)31-11-21(25)28)22(29)23-15-5-7-18-16(9-15)24(3)20(27)10-30-18/h4-9,12H,10-11H2,1-3H3,(H,23,29). The van der Waals surface area contributed by atoms with Crippen molar-refractivity contribution >= 4 is 40.6 Å². The second-order valence-corrected chi connectivity index (χ2v) is 7.38. The molecule has 0 aliphatic carbocycles. The average molecular weight is 423 g/mol. The van der Waals surface area contributed by atoms with Gasteiger partial charge in [-0.1, -0.05) is 0 Å². The Morgan fingerprint density at radius 3 is 2.32 bits per heavy atom. The summed E-state index contributed by atoms with van der Waals surface area (Å²) in [6.07, 6.45) is 0. The Morgan fingerprint density at radius 2 is 1.61 bits per heavy atom. The van der Waals surface area contributed by atoms with Crippen LogP contribution in [0.25, 0.3) is 0 Å². The molecule has 2 heterocycles. The molecule has 0 bridgehead atoms. The minimum Gasteiger partial charge on any atom is -0.482 e. The van der Waals surface area contributed by atoms with E-state index in [2.05, 4.69) is 5.32 Å². The number of rotatable bonds is 4. The fraction of sp³-hybridized carbons (Fsp3) is 0.273. The van der Waals surface area contributed by atoms with E-state index in [0.717, 1.165) is 0 Å². The number of anilines is 3. The van der Waals surface area contributed by atoms with Crippen molar-refractivity contribution in [1.82, 2.24) is 0 Å². The predicted octanol–water partition coefficient (Wildman–Crippen LogP) is 2.00. The van der Waals surface area contributed by atoms with Crippen molar-refractivity contribution in [2.75, 3.05) is 35.4 Å². The van der Waals surface area contributed by atoms with Crippen molar-refractivity contribution in [2.24, 2.45) is 0 Å². The highest BCUT2D eigenvalue weighted by atomic mass is 16.5. The van der Waals surface area contributed by atoms with Gasteiger partial charge in [0.25, 0.3) is 11.8 Å². The number of benzene rings is 2. The molecule has 2 aromatic carbocycles.